The van der Waals surface area contributed by atoms with Crippen molar-refractivity contribution in [2.24, 2.45) is 0 Å². The Kier molecular flexibility index (Phi) is 4.76. The molecule has 0 atom stereocenters. The number of nitrogens with zero attached hydrogens (tertiary/aromatic N) is 2. The molecular weight excluding hydrogens is 422 g/mol. The minimum Gasteiger partial charge on any atom is -0.399 e. The molecule has 3 aromatic carbocycles. The highest BCUT2D eigenvalue weighted by Gasteiger charge is 2.35. The Morgan fingerprint density at radius 1 is 0.933 bits per heavy atom. The summed E-state index contributed by atoms with van der Waals surface area (Å²) in [5.41, 5.74) is 8.08. The number of hydrogen-bond acceptors (Lipinski definition) is 6. The van der Waals surface area contributed by atoms with Crippen molar-refractivity contribution in [3.63, 3.8) is 0 Å². The molecule has 0 aliphatic carbocycles. The second-order valence-electron chi connectivity index (χ2n) is 6.84. The van der Waals surface area contributed by atoms with Crippen LogP contribution in [0.25, 0.3) is 11.1 Å². The molecule has 0 saturated heterocycles. The number of rotatable bonds is 3. The van der Waals surface area contributed by atoms with Gasteiger partial charge in [0.2, 0.25) is 0 Å². The van der Waals surface area contributed by atoms with E-state index in [0.29, 0.717) is 16.8 Å². The second kappa shape index (κ2) is 7.16. The Balaban J connectivity index is 1.86. The Morgan fingerprint density at radius 3 is 2.20 bits per heavy atom. The van der Waals surface area contributed by atoms with E-state index in [1.807, 2.05) is 6.07 Å². The number of nitrogen functional groups attached to an aromatic ring is 1. The monoisotopic (exact) mass is 439 g/mol. The Hall–Kier alpha value is -3.35. The molecule has 30 heavy (non-hydrogen) atoms. The zero-order chi connectivity index (χ0) is 21.5. The van der Waals surface area contributed by atoms with Gasteiger partial charge in [-0.2, -0.15) is 5.26 Å². The van der Waals surface area contributed by atoms with Gasteiger partial charge < -0.3 is 5.73 Å². The molecule has 0 radical (unpaired) electrons. The molecule has 0 unspecified atom stereocenters. The number of sulfonamides is 1. The zero-order valence-corrected chi connectivity index (χ0v) is 17.3. The van der Waals surface area contributed by atoms with Crippen molar-refractivity contribution in [1.82, 2.24) is 0 Å². The number of fused-ring (bicyclic) bond motifs is 1. The Morgan fingerprint density at radius 2 is 1.57 bits per heavy atom. The SMILES string of the molecule is N#Cc1ccc(-c2ccc3c(c2)N(S(=O)(=O)c2ccc(N)cc2)CCS3(=O)=O)cc1. The van der Waals surface area contributed by atoms with Gasteiger partial charge in [-0.05, 0) is 59.7 Å². The molecule has 1 aliphatic heterocycles. The summed E-state index contributed by atoms with van der Waals surface area (Å²) in [6.45, 7) is -0.182. The fraction of sp³-hybridized carbons (Fsp3) is 0.0952. The van der Waals surface area contributed by atoms with Crippen LogP contribution >= 0.6 is 0 Å². The minimum absolute atomic E-state index is 0.0230. The number of nitrogens with two attached hydrogens (primary N) is 1. The van der Waals surface area contributed by atoms with Crippen molar-refractivity contribution in [1.29, 1.82) is 5.26 Å². The maximum atomic E-state index is 13.3. The van der Waals surface area contributed by atoms with Crippen LogP contribution in [0.5, 0.6) is 0 Å². The Labute approximate surface area is 175 Å². The van der Waals surface area contributed by atoms with Gasteiger partial charge in [0.05, 0.1) is 32.9 Å². The van der Waals surface area contributed by atoms with E-state index in [9.17, 15) is 16.8 Å². The third-order valence-corrected chi connectivity index (χ3v) is 8.50. The largest absolute Gasteiger partial charge is 0.399 e. The number of nitriles is 1. The lowest BCUT2D eigenvalue weighted by molar-refractivity contribution is 0.584. The van der Waals surface area contributed by atoms with Crippen molar-refractivity contribution in [3.8, 4) is 17.2 Å². The summed E-state index contributed by atoms with van der Waals surface area (Å²) in [6.07, 6.45) is 0. The van der Waals surface area contributed by atoms with Gasteiger partial charge in [0.25, 0.3) is 10.0 Å². The van der Waals surface area contributed by atoms with Crippen LogP contribution in [0.4, 0.5) is 11.4 Å². The van der Waals surface area contributed by atoms with Crippen LogP contribution in [0.1, 0.15) is 5.56 Å². The van der Waals surface area contributed by atoms with Crippen LogP contribution in [0.2, 0.25) is 0 Å². The molecule has 0 saturated carbocycles. The number of anilines is 2. The van der Waals surface area contributed by atoms with Gasteiger partial charge in [0.15, 0.2) is 9.84 Å². The first-order valence-electron chi connectivity index (χ1n) is 8.98. The van der Waals surface area contributed by atoms with Crippen molar-refractivity contribution in [2.75, 3.05) is 22.3 Å². The molecule has 152 valence electrons. The van der Waals surface area contributed by atoms with E-state index in [2.05, 4.69) is 0 Å². The normalized spacial score (nSPS) is 15.2. The summed E-state index contributed by atoms with van der Waals surface area (Å²) in [7, 11) is -7.58. The van der Waals surface area contributed by atoms with Crippen LogP contribution in [0.3, 0.4) is 0 Å². The average molecular weight is 440 g/mol. The molecule has 0 bridgehead atoms. The van der Waals surface area contributed by atoms with E-state index in [1.165, 1.54) is 30.3 Å². The standard InChI is InChI=1S/C21H17N3O4S2/c22-14-15-1-3-16(4-2-15)17-5-10-21-20(13-17)24(11-12-29(21,25)26)30(27,28)19-8-6-18(23)7-9-19/h1-10,13H,11-12,23H2. The first-order chi connectivity index (χ1) is 14.2. The first kappa shape index (κ1) is 19.9. The fourth-order valence-electron chi connectivity index (χ4n) is 3.34. The van der Waals surface area contributed by atoms with Crippen molar-refractivity contribution >= 4 is 31.2 Å². The lowest BCUT2D eigenvalue weighted by Crippen LogP contribution is -2.39. The van der Waals surface area contributed by atoms with Gasteiger partial charge in [0, 0.05) is 12.2 Å². The fourth-order valence-corrected chi connectivity index (χ4v) is 6.40. The smallest absolute Gasteiger partial charge is 0.264 e. The van der Waals surface area contributed by atoms with Crippen LogP contribution in [-0.4, -0.2) is 29.1 Å². The van der Waals surface area contributed by atoms with Crippen molar-refractivity contribution in [2.45, 2.75) is 9.79 Å². The molecule has 1 aliphatic rings. The molecule has 7 nitrogen and oxygen atoms in total. The Bertz CT molecular complexity index is 1370. The van der Waals surface area contributed by atoms with Gasteiger partial charge in [-0.1, -0.05) is 18.2 Å². The molecule has 2 N–H and O–H groups in total. The van der Waals surface area contributed by atoms with Crippen LogP contribution < -0.4 is 10.0 Å². The van der Waals surface area contributed by atoms with E-state index in [1.54, 1.807) is 36.4 Å². The van der Waals surface area contributed by atoms with Gasteiger partial charge in [0.1, 0.15) is 0 Å². The predicted octanol–water partition coefficient (Wildman–Crippen LogP) is 2.79. The summed E-state index contributed by atoms with van der Waals surface area (Å²) >= 11 is 0. The molecule has 1 heterocycles. The summed E-state index contributed by atoms with van der Waals surface area (Å²) in [4.78, 5) is 0.0101. The third-order valence-electron chi connectivity index (χ3n) is 4.94. The number of hydrogen-bond donors (Lipinski definition) is 1. The average Bonchev–Trinajstić information content (AvgIpc) is 2.73. The highest BCUT2D eigenvalue weighted by Crippen LogP contribution is 2.37. The van der Waals surface area contributed by atoms with E-state index >= 15 is 0 Å². The summed E-state index contributed by atoms with van der Waals surface area (Å²) in [5, 5.41) is 8.97. The molecule has 0 amide bonds. The van der Waals surface area contributed by atoms with Gasteiger partial charge >= 0.3 is 0 Å². The predicted molar refractivity (Wildman–Crippen MR) is 114 cm³/mol. The molecule has 9 heteroatoms. The van der Waals surface area contributed by atoms with Crippen molar-refractivity contribution < 1.29 is 16.8 Å². The van der Waals surface area contributed by atoms with Crippen molar-refractivity contribution in [3.05, 3.63) is 72.3 Å². The summed E-state index contributed by atoms with van der Waals surface area (Å²) in [6, 6.07) is 19.2. The molecular formula is C21H17N3O4S2. The van der Waals surface area contributed by atoms with Gasteiger partial charge in [-0.3, -0.25) is 4.31 Å². The van der Waals surface area contributed by atoms with Gasteiger partial charge in [-0.15, -0.1) is 0 Å². The van der Waals surface area contributed by atoms with E-state index in [-0.39, 0.29) is 27.8 Å². The minimum atomic E-state index is -3.98. The highest BCUT2D eigenvalue weighted by molar-refractivity contribution is 7.94. The number of benzene rings is 3. The van der Waals surface area contributed by atoms with E-state index < -0.39 is 19.9 Å². The van der Waals surface area contributed by atoms with Crippen LogP contribution in [0, 0.1) is 11.3 Å². The lowest BCUT2D eigenvalue weighted by atomic mass is 10.0. The zero-order valence-electron chi connectivity index (χ0n) is 15.7. The third kappa shape index (κ3) is 3.40. The maximum Gasteiger partial charge on any atom is 0.264 e. The second-order valence-corrected chi connectivity index (χ2v) is 10.8. The lowest BCUT2D eigenvalue weighted by Gasteiger charge is -2.30. The maximum absolute atomic E-state index is 13.3. The van der Waals surface area contributed by atoms with E-state index in [0.717, 1.165) is 9.87 Å². The summed E-state index contributed by atoms with van der Waals surface area (Å²) in [5.74, 6) is -0.301. The quantitative estimate of drug-likeness (QED) is 0.626. The molecule has 0 fully saturated rings. The molecule has 3 aromatic rings. The summed E-state index contributed by atoms with van der Waals surface area (Å²) < 4.78 is 52.8. The molecule has 0 spiro atoms. The topological polar surface area (TPSA) is 121 Å². The van der Waals surface area contributed by atoms with Gasteiger partial charge in [-0.25, -0.2) is 16.8 Å². The molecule has 0 aromatic heterocycles. The highest BCUT2D eigenvalue weighted by atomic mass is 32.2. The van der Waals surface area contributed by atoms with Crippen LogP contribution in [-0.2, 0) is 19.9 Å². The van der Waals surface area contributed by atoms with E-state index in [4.69, 9.17) is 11.0 Å². The molecule has 4 rings (SSSR count). The number of sulfone groups is 1. The van der Waals surface area contributed by atoms with Crippen LogP contribution in [0.15, 0.2) is 76.5 Å². The first-order valence-corrected chi connectivity index (χ1v) is 12.1.